The molecule has 1 aromatic carbocycles. The number of aromatic nitrogens is 4. The summed E-state index contributed by atoms with van der Waals surface area (Å²) < 4.78 is 1.50. The summed E-state index contributed by atoms with van der Waals surface area (Å²) in [6.07, 6.45) is 1.93. The monoisotopic (exact) mass is 316 g/mol. The molecule has 1 unspecified atom stereocenters. The Kier molecular flexibility index (Phi) is 3.68. The van der Waals surface area contributed by atoms with Gasteiger partial charge in [0.15, 0.2) is 0 Å². The average Bonchev–Trinajstić information content (AvgIpc) is 3.18. The number of carbonyl (C=O) groups is 2. The molecule has 0 saturated carbocycles. The summed E-state index contributed by atoms with van der Waals surface area (Å²) in [5.74, 6) is -0.876. The molecule has 2 amide bonds. The number of anilines is 1. The van der Waals surface area contributed by atoms with Crippen LogP contribution in [0.5, 0.6) is 0 Å². The lowest BCUT2D eigenvalue weighted by Gasteiger charge is -2.20. The molecular formula is C14H16N6O3. The van der Waals surface area contributed by atoms with E-state index in [9.17, 15) is 14.7 Å². The molecule has 1 aliphatic rings. The van der Waals surface area contributed by atoms with E-state index in [0.717, 1.165) is 5.69 Å². The van der Waals surface area contributed by atoms with E-state index in [1.807, 2.05) is 0 Å². The largest absolute Gasteiger partial charge is 0.481 e. The van der Waals surface area contributed by atoms with Gasteiger partial charge < -0.3 is 15.3 Å². The second-order valence-electron chi connectivity index (χ2n) is 5.77. The number of aliphatic carboxylic acids is 1. The summed E-state index contributed by atoms with van der Waals surface area (Å²) in [5, 5.41) is 22.9. The maximum Gasteiger partial charge on any atom is 0.321 e. The van der Waals surface area contributed by atoms with Crippen LogP contribution in [0.1, 0.15) is 13.3 Å². The second-order valence-corrected chi connectivity index (χ2v) is 5.77. The first kappa shape index (κ1) is 14.9. The van der Waals surface area contributed by atoms with Crippen LogP contribution in [-0.4, -0.2) is 55.3 Å². The van der Waals surface area contributed by atoms with Crippen molar-refractivity contribution >= 4 is 17.7 Å². The van der Waals surface area contributed by atoms with Gasteiger partial charge in [0.1, 0.15) is 6.33 Å². The lowest BCUT2D eigenvalue weighted by Crippen LogP contribution is -2.37. The fourth-order valence-corrected chi connectivity index (χ4v) is 2.49. The SMILES string of the molecule is CC1(C(=O)O)CCN(C(=O)Nc2ccc(-n3cnnn3)cc2)C1. The van der Waals surface area contributed by atoms with E-state index in [1.165, 1.54) is 15.9 Å². The van der Waals surface area contributed by atoms with Crippen molar-refractivity contribution in [3.05, 3.63) is 30.6 Å². The van der Waals surface area contributed by atoms with Gasteiger partial charge >= 0.3 is 12.0 Å². The van der Waals surface area contributed by atoms with Crippen molar-refractivity contribution in [2.24, 2.45) is 5.41 Å². The van der Waals surface area contributed by atoms with E-state index in [4.69, 9.17) is 0 Å². The van der Waals surface area contributed by atoms with Gasteiger partial charge in [0.05, 0.1) is 11.1 Å². The number of rotatable bonds is 3. The van der Waals surface area contributed by atoms with Crippen molar-refractivity contribution in [3.8, 4) is 5.69 Å². The van der Waals surface area contributed by atoms with Crippen LogP contribution in [0.15, 0.2) is 30.6 Å². The summed E-state index contributed by atoms with van der Waals surface area (Å²) in [6.45, 7) is 2.29. The first-order chi connectivity index (χ1) is 11.0. The average molecular weight is 316 g/mol. The van der Waals surface area contributed by atoms with E-state index < -0.39 is 11.4 Å². The maximum atomic E-state index is 12.2. The Balaban J connectivity index is 1.64. The van der Waals surface area contributed by atoms with E-state index >= 15 is 0 Å². The molecule has 120 valence electrons. The van der Waals surface area contributed by atoms with Crippen LogP contribution in [0.4, 0.5) is 10.5 Å². The highest BCUT2D eigenvalue weighted by Crippen LogP contribution is 2.30. The third-order valence-corrected chi connectivity index (χ3v) is 4.01. The fraction of sp³-hybridized carbons (Fsp3) is 0.357. The highest BCUT2D eigenvalue weighted by Gasteiger charge is 2.42. The van der Waals surface area contributed by atoms with Gasteiger partial charge in [0.2, 0.25) is 0 Å². The molecule has 0 aliphatic carbocycles. The van der Waals surface area contributed by atoms with Crippen LogP contribution in [0.25, 0.3) is 5.69 Å². The van der Waals surface area contributed by atoms with Crippen LogP contribution in [0.2, 0.25) is 0 Å². The summed E-state index contributed by atoms with van der Waals surface area (Å²) in [7, 11) is 0. The number of hydrogen-bond acceptors (Lipinski definition) is 5. The van der Waals surface area contributed by atoms with E-state index in [0.29, 0.717) is 18.7 Å². The smallest absolute Gasteiger partial charge is 0.321 e. The second kappa shape index (κ2) is 5.67. The predicted molar refractivity (Wildman–Crippen MR) is 80.1 cm³/mol. The lowest BCUT2D eigenvalue weighted by atomic mass is 9.90. The first-order valence-electron chi connectivity index (χ1n) is 7.11. The van der Waals surface area contributed by atoms with E-state index in [1.54, 1.807) is 31.2 Å². The Labute approximate surface area is 131 Å². The van der Waals surface area contributed by atoms with Gasteiger partial charge in [-0.1, -0.05) is 0 Å². The molecule has 1 aliphatic heterocycles. The molecule has 0 bridgehead atoms. The molecule has 2 N–H and O–H groups in total. The first-order valence-corrected chi connectivity index (χ1v) is 7.11. The number of nitrogens with one attached hydrogen (secondary N) is 1. The molecule has 1 aromatic heterocycles. The Morgan fingerprint density at radius 1 is 1.30 bits per heavy atom. The Hall–Kier alpha value is -2.97. The summed E-state index contributed by atoms with van der Waals surface area (Å²) >= 11 is 0. The number of likely N-dealkylation sites (tertiary alicyclic amines) is 1. The van der Waals surface area contributed by atoms with E-state index in [2.05, 4.69) is 20.8 Å². The Morgan fingerprint density at radius 3 is 2.61 bits per heavy atom. The zero-order valence-electron chi connectivity index (χ0n) is 12.5. The normalized spacial score (nSPS) is 20.5. The van der Waals surface area contributed by atoms with Gasteiger partial charge in [-0.05, 0) is 48.0 Å². The quantitative estimate of drug-likeness (QED) is 0.873. The maximum absolute atomic E-state index is 12.2. The zero-order valence-corrected chi connectivity index (χ0v) is 12.5. The minimum atomic E-state index is -0.876. The Morgan fingerprint density at radius 2 is 2.04 bits per heavy atom. The molecule has 9 nitrogen and oxygen atoms in total. The molecule has 3 rings (SSSR count). The summed E-state index contributed by atoms with van der Waals surface area (Å²) in [4.78, 5) is 25.0. The van der Waals surface area contributed by atoms with Gasteiger partial charge in [-0.15, -0.1) is 5.10 Å². The van der Waals surface area contributed by atoms with Crippen LogP contribution < -0.4 is 5.32 Å². The lowest BCUT2D eigenvalue weighted by molar-refractivity contribution is -0.146. The molecule has 2 aromatic rings. The molecule has 0 spiro atoms. The van der Waals surface area contributed by atoms with Gasteiger partial charge in [0.25, 0.3) is 0 Å². The predicted octanol–water partition coefficient (Wildman–Crippen LogP) is 0.991. The number of hydrogen-bond donors (Lipinski definition) is 2. The number of carboxylic acids is 1. The van der Waals surface area contributed by atoms with Crippen LogP contribution in [0.3, 0.4) is 0 Å². The highest BCUT2D eigenvalue weighted by molar-refractivity contribution is 5.90. The van der Waals surface area contributed by atoms with Crippen molar-refractivity contribution in [2.45, 2.75) is 13.3 Å². The van der Waals surface area contributed by atoms with Gasteiger partial charge in [-0.2, -0.15) is 0 Å². The molecule has 2 heterocycles. The third kappa shape index (κ3) is 2.98. The fourth-order valence-electron chi connectivity index (χ4n) is 2.49. The highest BCUT2D eigenvalue weighted by atomic mass is 16.4. The zero-order chi connectivity index (χ0) is 16.4. The number of carboxylic acid groups (broad SMARTS) is 1. The van der Waals surface area contributed by atoms with Crippen LogP contribution in [-0.2, 0) is 4.79 Å². The Bertz CT molecular complexity index is 715. The number of urea groups is 1. The minimum absolute atomic E-state index is 0.205. The van der Waals surface area contributed by atoms with Crippen molar-refractivity contribution in [1.29, 1.82) is 0 Å². The van der Waals surface area contributed by atoms with E-state index in [-0.39, 0.29) is 12.6 Å². The number of amides is 2. The number of benzene rings is 1. The molecular weight excluding hydrogens is 300 g/mol. The molecule has 9 heteroatoms. The van der Waals surface area contributed by atoms with Gasteiger partial charge in [-0.25, -0.2) is 9.48 Å². The number of tetrazole rings is 1. The topological polar surface area (TPSA) is 113 Å². The molecule has 0 radical (unpaired) electrons. The summed E-state index contributed by atoms with van der Waals surface area (Å²) in [5.41, 5.74) is 0.518. The molecule has 1 fully saturated rings. The molecule has 1 saturated heterocycles. The standard InChI is InChI=1S/C14H16N6O3/c1-14(12(21)22)6-7-19(8-14)13(23)16-10-2-4-11(5-3-10)20-9-15-17-18-20/h2-5,9H,6-8H2,1H3,(H,16,23)(H,21,22). The molecule has 23 heavy (non-hydrogen) atoms. The van der Waals surface area contributed by atoms with Crippen molar-refractivity contribution in [1.82, 2.24) is 25.1 Å². The van der Waals surface area contributed by atoms with Gasteiger partial charge in [-0.3, -0.25) is 4.79 Å². The summed E-state index contributed by atoms with van der Waals surface area (Å²) in [6, 6.07) is 6.72. The van der Waals surface area contributed by atoms with Crippen molar-refractivity contribution < 1.29 is 14.7 Å². The third-order valence-electron chi connectivity index (χ3n) is 4.01. The van der Waals surface area contributed by atoms with Gasteiger partial charge in [0, 0.05) is 18.8 Å². The van der Waals surface area contributed by atoms with Crippen molar-refractivity contribution in [2.75, 3.05) is 18.4 Å². The molecule has 1 atom stereocenters. The number of carbonyl (C=O) groups excluding carboxylic acids is 1. The van der Waals surface area contributed by atoms with Crippen LogP contribution >= 0.6 is 0 Å². The van der Waals surface area contributed by atoms with Crippen LogP contribution in [0, 0.1) is 5.41 Å². The van der Waals surface area contributed by atoms with Crippen molar-refractivity contribution in [3.63, 3.8) is 0 Å². The minimum Gasteiger partial charge on any atom is -0.481 e. The number of nitrogens with zero attached hydrogens (tertiary/aromatic N) is 5.